The van der Waals surface area contributed by atoms with Crippen molar-refractivity contribution in [2.45, 2.75) is 0 Å². The van der Waals surface area contributed by atoms with Crippen molar-refractivity contribution in [1.29, 1.82) is 0 Å². The summed E-state index contributed by atoms with van der Waals surface area (Å²) in [7, 11) is 3.11. The van der Waals surface area contributed by atoms with E-state index in [9.17, 15) is 4.79 Å². The molecule has 2 heterocycles. The van der Waals surface area contributed by atoms with Gasteiger partial charge in [0.25, 0.3) is 5.91 Å². The third-order valence-corrected chi connectivity index (χ3v) is 4.06. The van der Waals surface area contributed by atoms with Gasteiger partial charge in [0, 0.05) is 23.8 Å². The Morgan fingerprint density at radius 2 is 2.00 bits per heavy atom. The standard InChI is InChI=1S/C16H15N3O3S/c1-21-11-5-6-12(14(9-11)22-2)17-15(20)13-10-23-16(18-13)19-7-3-4-8-19/h3-10H,1-2H3,(H,17,20). The van der Waals surface area contributed by atoms with Gasteiger partial charge < -0.3 is 19.4 Å². The molecule has 0 bridgehead atoms. The van der Waals surface area contributed by atoms with Crippen molar-refractivity contribution in [3.05, 3.63) is 53.8 Å². The van der Waals surface area contributed by atoms with Crippen LogP contribution < -0.4 is 14.8 Å². The molecule has 1 aromatic carbocycles. The second kappa shape index (κ2) is 6.53. The van der Waals surface area contributed by atoms with Crippen LogP contribution in [0, 0.1) is 0 Å². The fraction of sp³-hybridized carbons (Fsp3) is 0.125. The first-order valence-electron chi connectivity index (χ1n) is 6.83. The van der Waals surface area contributed by atoms with Gasteiger partial charge in [-0.05, 0) is 24.3 Å². The van der Waals surface area contributed by atoms with Gasteiger partial charge in [-0.1, -0.05) is 0 Å². The Labute approximate surface area is 137 Å². The molecule has 1 N–H and O–H groups in total. The van der Waals surface area contributed by atoms with E-state index in [1.165, 1.54) is 18.4 Å². The van der Waals surface area contributed by atoms with E-state index in [0.29, 0.717) is 22.9 Å². The number of rotatable bonds is 5. The van der Waals surface area contributed by atoms with Gasteiger partial charge in [0.2, 0.25) is 0 Å². The van der Waals surface area contributed by atoms with E-state index >= 15 is 0 Å². The summed E-state index contributed by atoms with van der Waals surface area (Å²) in [5.41, 5.74) is 0.922. The molecular formula is C16H15N3O3S. The van der Waals surface area contributed by atoms with Gasteiger partial charge in [-0.15, -0.1) is 11.3 Å². The lowest BCUT2D eigenvalue weighted by molar-refractivity contribution is 0.102. The number of aromatic nitrogens is 2. The van der Waals surface area contributed by atoms with Crippen molar-refractivity contribution >= 4 is 22.9 Å². The molecule has 0 saturated heterocycles. The minimum Gasteiger partial charge on any atom is -0.497 e. The van der Waals surface area contributed by atoms with Gasteiger partial charge in [0.1, 0.15) is 17.2 Å². The Morgan fingerprint density at radius 3 is 2.70 bits per heavy atom. The van der Waals surface area contributed by atoms with E-state index in [1.54, 1.807) is 30.7 Å². The van der Waals surface area contributed by atoms with E-state index in [2.05, 4.69) is 10.3 Å². The summed E-state index contributed by atoms with van der Waals surface area (Å²) in [5.74, 6) is 0.894. The predicted octanol–water partition coefficient (Wildman–Crippen LogP) is 3.20. The molecule has 6 nitrogen and oxygen atoms in total. The number of anilines is 1. The summed E-state index contributed by atoms with van der Waals surface area (Å²) in [5, 5.41) is 5.26. The highest BCUT2D eigenvalue weighted by atomic mass is 32.1. The first-order valence-corrected chi connectivity index (χ1v) is 7.71. The SMILES string of the molecule is COc1ccc(NC(=O)c2csc(-n3cccc3)n2)c(OC)c1. The number of carbonyl (C=O) groups is 1. The molecule has 1 amide bonds. The maximum Gasteiger partial charge on any atom is 0.275 e. The maximum atomic E-state index is 12.4. The zero-order valence-electron chi connectivity index (χ0n) is 12.6. The summed E-state index contributed by atoms with van der Waals surface area (Å²) in [6.45, 7) is 0. The number of ether oxygens (including phenoxy) is 2. The van der Waals surface area contributed by atoms with Gasteiger partial charge in [-0.2, -0.15) is 0 Å². The lowest BCUT2D eigenvalue weighted by atomic mass is 10.2. The molecule has 0 aliphatic rings. The van der Waals surface area contributed by atoms with Crippen molar-refractivity contribution in [3.8, 4) is 16.6 Å². The fourth-order valence-electron chi connectivity index (χ4n) is 2.04. The molecule has 0 aliphatic heterocycles. The number of thiazole rings is 1. The van der Waals surface area contributed by atoms with Crippen LogP contribution in [0.3, 0.4) is 0 Å². The molecule has 23 heavy (non-hydrogen) atoms. The topological polar surface area (TPSA) is 65.4 Å². The molecule has 0 fully saturated rings. The number of amides is 1. The van der Waals surface area contributed by atoms with Crippen molar-refractivity contribution in [2.75, 3.05) is 19.5 Å². The molecular weight excluding hydrogens is 314 g/mol. The van der Waals surface area contributed by atoms with Crippen LogP contribution >= 0.6 is 11.3 Å². The smallest absolute Gasteiger partial charge is 0.275 e. The van der Waals surface area contributed by atoms with E-state index in [4.69, 9.17) is 9.47 Å². The second-order valence-electron chi connectivity index (χ2n) is 4.63. The Balaban J connectivity index is 1.79. The van der Waals surface area contributed by atoms with Gasteiger partial charge in [-0.3, -0.25) is 4.79 Å². The van der Waals surface area contributed by atoms with Gasteiger partial charge in [0.05, 0.1) is 19.9 Å². The first-order chi connectivity index (χ1) is 11.2. The zero-order chi connectivity index (χ0) is 16.2. The Bertz CT molecular complexity index is 812. The van der Waals surface area contributed by atoms with Crippen LogP contribution in [0.25, 0.3) is 5.13 Å². The van der Waals surface area contributed by atoms with E-state index in [1.807, 2.05) is 29.1 Å². The molecule has 0 radical (unpaired) electrons. The van der Waals surface area contributed by atoms with E-state index in [-0.39, 0.29) is 5.91 Å². The summed E-state index contributed by atoms with van der Waals surface area (Å²) in [6, 6.07) is 9.01. The van der Waals surface area contributed by atoms with Crippen molar-refractivity contribution in [2.24, 2.45) is 0 Å². The van der Waals surface area contributed by atoms with Gasteiger partial charge in [-0.25, -0.2) is 4.98 Å². The number of methoxy groups -OCH3 is 2. The molecule has 2 aromatic heterocycles. The van der Waals surface area contributed by atoms with Crippen molar-refractivity contribution < 1.29 is 14.3 Å². The Hall–Kier alpha value is -2.80. The third kappa shape index (κ3) is 3.19. The Morgan fingerprint density at radius 1 is 1.22 bits per heavy atom. The molecule has 118 valence electrons. The predicted molar refractivity (Wildman–Crippen MR) is 88.9 cm³/mol. The quantitative estimate of drug-likeness (QED) is 0.780. The number of nitrogens with zero attached hydrogens (tertiary/aromatic N) is 2. The molecule has 0 atom stereocenters. The van der Waals surface area contributed by atoms with Crippen LogP contribution in [0.15, 0.2) is 48.1 Å². The van der Waals surface area contributed by atoms with Crippen LogP contribution in [-0.4, -0.2) is 29.7 Å². The highest BCUT2D eigenvalue weighted by molar-refractivity contribution is 7.12. The minimum absolute atomic E-state index is 0.289. The molecule has 7 heteroatoms. The number of carbonyl (C=O) groups excluding carboxylic acids is 1. The molecule has 3 aromatic rings. The number of nitrogens with one attached hydrogen (secondary N) is 1. The number of benzene rings is 1. The van der Waals surface area contributed by atoms with Crippen molar-refractivity contribution in [3.63, 3.8) is 0 Å². The van der Waals surface area contributed by atoms with Crippen LogP contribution in [-0.2, 0) is 0 Å². The third-order valence-electron chi connectivity index (χ3n) is 3.21. The molecule has 0 aliphatic carbocycles. The van der Waals surface area contributed by atoms with Crippen LogP contribution in [0.2, 0.25) is 0 Å². The first kappa shape index (κ1) is 15.1. The number of hydrogen-bond acceptors (Lipinski definition) is 5. The molecule has 3 rings (SSSR count). The second-order valence-corrected chi connectivity index (χ2v) is 5.46. The molecule has 0 unspecified atom stereocenters. The molecule has 0 saturated carbocycles. The summed E-state index contributed by atoms with van der Waals surface area (Å²) < 4.78 is 12.3. The fourth-order valence-corrected chi connectivity index (χ4v) is 2.81. The summed E-state index contributed by atoms with van der Waals surface area (Å²) >= 11 is 1.40. The lowest BCUT2D eigenvalue weighted by Crippen LogP contribution is -2.13. The van der Waals surface area contributed by atoms with Crippen molar-refractivity contribution in [1.82, 2.24) is 9.55 Å². The monoisotopic (exact) mass is 329 g/mol. The Kier molecular flexibility index (Phi) is 4.29. The average molecular weight is 329 g/mol. The lowest BCUT2D eigenvalue weighted by Gasteiger charge is -2.10. The average Bonchev–Trinajstić information content (AvgIpc) is 3.26. The van der Waals surface area contributed by atoms with Crippen LogP contribution in [0.4, 0.5) is 5.69 Å². The number of hydrogen-bond donors (Lipinski definition) is 1. The highest BCUT2D eigenvalue weighted by Crippen LogP contribution is 2.29. The van der Waals surface area contributed by atoms with E-state index < -0.39 is 0 Å². The summed E-state index contributed by atoms with van der Waals surface area (Å²) in [6.07, 6.45) is 3.76. The van der Waals surface area contributed by atoms with Crippen LogP contribution in [0.5, 0.6) is 11.5 Å². The highest BCUT2D eigenvalue weighted by Gasteiger charge is 2.14. The largest absolute Gasteiger partial charge is 0.497 e. The van der Waals surface area contributed by atoms with Gasteiger partial charge in [0.15, 0.2) is 5.13 Å². The molecule has 0 spiro atoms. The van der Waals surface area contributed by atoms with Crippen LogP contribution in [0.1, 0.15) is 10.5 Å². The maximum absolute atomic E-state index is 12.4. The van der Waals surface area contributed by atoms with Gasteiger partial charge >= 0.3 is 0 Å². The normalized spacial score (nSPS) is 10.3. The summed E-state index contributed by atoms with van der Waals surface area (Å²) in [4.78, 5) is 16.7. The zero-order valence-corrected chi connectivity index (χ0v) is 13.5. The van der Waals surface area contributed by atoms with E-state index in [0.717, 1.165) is 5.13 Å². The minimum atomic E-state index is -0.289.